The molecular formula is C29H37NO4S. The number of carbonyl (C=O) groups is 2. The number of nitrogens with zero attached hydrogens (tertiary/aromatic N) is 1. The maximum atomic E-state index is 13.0. The van der Waals surface area contributed by atoms with E-state index in [0.717, 1.165) is 25.7 Å². The van der Waals surface area contributed by atoms with Crippen LogP contribution in [0.25, 0.3) is 0 Å². The molecular weight excluding hydrogens is 458 g/mol. The number of hydrogen-bond acceptors (Lipinski definition) is 6. The van der Waals surface area contributed by atoms with Gasteiger partial charge >= 0.3 is 5.97 Å². The monoisotopic (exact) mass is 495 g/mol. The van der Waals surface area contributed by atoms with Crippen LogP contribution < -0.4 is 4.74 Å². The Hall–Kier alpha value is -2.70. The standard InChI is InChI=1S/C29H37NO4S/c1-5-6-19-29(2,3)27(31)18-17-22-25(21-35-26(22)16-10-8-7-9-13-20-30)34-28(32)23-14-11-12-15-24(23)33-4/h11-12,14-15,17-18,22,25-26H,5-7,9,13,16,19,21H2,1-4H3/b18-17+/t22-,25+,26+/m0/s1. The number of ketones is 1. The highest BCUT2D eigenvalue weighted by molar-refractivity contribution is 8.00. The van der Waals surface area contributed by atoms with Crippen LogP contribution in [0.3, 0.4) is 0 Å². The van der Waals surface area contributed by atoms with Crippen molar-refractivity contribution in [3.63, 3.8) is 0 Å². The van der Waals surface area contributed by atoms with E-state index in [1.54, 1.807) is 36.0 Å². The van der Waals surface area contributed by atoms with Gasteiger partial charge in [0.1, 0.15) is 17.4 Å². The van der Waals surface area contributed by atoms with Crippen LogP contribution >= 0.6 is 11.8 Å². The number of allylic oxidation sites excluding steroid dienone is 1. The molecule has 1 aromatic carbocycles. The van der Waals surface area contributed by atoms with Gasteiger partial charge in [0.25, 0.3) is 0 Å². The zero-order valence-corrected chi connectivity index (χ0v) is 22.2. The Balaban J connectivity index is 2.17. The number of hydrogen-bond donors (Lipinski definition) is 0. The Morgan fingerprint density at radius 2 is 1.97 bits per heavy atom. The normalized spacial score (nSPS) is 19.6. The van der Waals surface area contributed by atoms with Gasteiger partial charge in [0.15, 0.2) is 5.78 Å². The Labute approximate surface area is 214 Å². The quantitative estimate of drug-likeness (QED) is 0.145. The maximum Gasteiger partial charge on any atom is 0.342 e. The van der Waals surface area contributed by atoms with Gasteiger partial charge in [-0.3, -0.25) is 4.79 Å². The zero-order valence-electron chi connectivity index (χ0n) is 21.3. The zero-order chi connectivity index (χ0) is 25.7. The molecule has 6 heteroatoms. The van der Waals surface area contributed by atoms with E-state index in [0.29, 0.717) is 36.3 Å². The molecule has 1 saturated heterocycles. The summed E-state index contributed by atoms with van der Waals surface area (Å²) in [6.07, 6.45) is 8.78. The summed E-state index contributed by atoms with van der Waals surface area (Å²) >= 11 is 1.72. The lowest BCUT2D eigenvalue weighted by Crippen LogP contribution is -2.28. The second-order valence-electron chi connectivity index (χ2n) is 9.37. The van der Waals surface area contributed by atoms with Crippen molar-refractivity contribution in [2.24, 2.45) is 11.3 Å². The van der Waals surface area contributed by atoms with Gasteiger partial charge in [0.2, 0.25) is 0 Å². The molecule has 0 spiro atoms. The van der Waals surface area contributed by atoms with E-state index < -0.39 is 11.4 Å². The molecule has 0 radical (unpaired) electrons. The van der Waals surface area contributed by atoms with Crippen LogP contribution in [0.5, 0.6) is 5.75 Å². The molecule has 0 amide bonds. The second-order valence-corrected chi connectivity index (χ2v) is 10.6. The minimum absolute atomic E-state index is 0.0963. The second kappa shape index (κ2) is 14.6. The minimum Gasteiger partial charge on any atom is -0.496 e. The third-order valence-corrected chi connectivity index (χ3v) is 7.66. The number of unbranched alkanes of at least 4 members (excludes halogenated alkanes) is 3. The molecule has 1 heterocycles. The van der Waals surface area contributed by atoms with E-state index in [2.05, 4.69) is 24.8 Å². The third kappa shape index (κ3) is 8.79. The van der Waals surface area contributed by atoms with E-state index >= 15 is 0 Å². The molecule has 0 bridgehead atoms. The van der Waals surface area contributed by atoms with Gasteiger partial charge in [-0.1, -0.05) is 51.8 Å². The van der Waals surface area contributed by atoms with E-state index in [1.165, 1.54) is 7.11 Å². The summed E-state index contributed by atoms with van der Waals surface area (Å²) in [6.45, 7) is 6.10. The average molecular weight is 496 g/mol. The summed E-state index contributed by atoms with van der Waals surface area (Å²) in [5, 5.41) is 8.79. The van der Waals surface area contributed by atoms with Gasteiger partial charge in [-0.15, -0.1) is 11.8 Å². The first-order valence-corrected chi connectivity index (χ1v) is 13.4. The number of benzene rings is 1. The minimum atomic E-state index is -0.427. The molecule has 1 aliphatic heterocycles. The average Bonchev–Trinajstić information content (AvgIpc) is 3.24. The highest BCUT2D eigenvalue weighted by Crippen LogP contribution is 2.38. The predicted molar refractivity (Wildman–Crippen MR) is 141 cm³/mol. The molecule has 0 aliphatic carbocycles. The number of esters is 1. The van der Waals surface area contributed by atoms with Gasteiger partial charge in [-0.05, 0) is 31.1 Å². The summed E-state index contributed by atoms with van der Waals surface area (Å²) in [4.78, 5) is 25.9. The molecule has 5 nitrogen and oxygen atoms in total. The highest BCUT2D eigenvalue weighted by Gasteiger charge is 2.38. The van der Waals surface area contributed by atoms with Crippen LogP contribution in [0.15, 0.2) is 36.4 Å². The molecule has 1 aliphatic rings. The summed E-state index contributed by atoms with van der Waals surface area (Å²) < 4.78 is 11.3. The molecule has 188 valence electrons. The van der Waals surface area contributed by atoms with Crippen molar-refractivity contribution >= 4 is 23.5 Å². The number of thioether (sulfide) groups is 1. The number of nitriles is 1. The first-order valence-electron chi connectivity index (χ1n) is 12.3. The van der Waals surface area contributed by atoms with Crippen molar-refractivity contribution in [1.29, 1.82) is 5.26 Å². The van der Waals surface area contributed by atoms with Crippen molar-refractivity contribution in [2.45, 2.75) is 77.1 Å². The van der Waals surface area contributed by atoms with Crippen molar-refractivity contribution in [2.75, 3.05) is 12.9 Å². The molecule has 3 atom stereocenters. The molecule has 0 unspecified atom stereocenters. The first-order chi connectivity index (χ1) is 16.8. The Morgan fingerprint density at radius 1 is 1.20 bits per heavy atom. The first kappa shape index (κ1) is 28.5. The van der Waals surface area contributed by atoms with E-state index in [4.69, 9.17) is 14.7 Å². The van der Waals surface area contributed by atoms with Crippen LogP contribution in [0, 0.1) is 34.5 Å². The van der Waals surface area contributed by atoms with E-state index in [9.17, 15) is 9.59 Å². The van der Waals surface area contributed by atoms with Gasteiger partial charge in [-0.2, -0.15) is 17.0 Å². The van der Waals surface area contributed by atoms with Gasteiger partial charge in [-0.25, -0.2) is 4.79 Å². The number of rotatable bonds is 12. The Bertz CT molecular complexity index is 982. The largest absolute Gasteiger partial charge is 0.496 e. The lowest BCUT2D eigenvalue weighted by Gasteiger charge is -2.23. The lowest BCUT2D eigenvalue weighted by molar-refractivity contribution is -0.122. The summed E-state index contributed by atoms with van der Waals surface area (Å²) in [5.74, 6) is 7.05. The van der Waals surface area contributed by atoms with Gasteiger partial charge in [0.05, 0.1) is 13.2 Å². The topological polar surface area (TPSA) is 76.4 Å². The molecule has 0 N–H and O–H groups in total. The summed E-state index contributed by atoms with van der Waals surface area (Å²) in [5.41, 5.74) is -0.0297. The molecule has 1 fully saturated rings. The van der Waals surface area contributed by atoms with Crippen LogP contribution in [-0.4, -0.2) is 36.0 Å². The fourth-order valence-electron chi connectivity index (χ4n) is 3.93. The number of para-hydroxylation sites is 1. The summed E-state index contributed by atoms with van der Waals surface area (Å²) in [7, 11) is 1.53. The smallest absolute Gasteiger partial charge is 0.342 e. The van der Waals surface area contributed by atoms with Crippen LogP contribution in [0.2, 0.25) is 0 Å². The Kier molecular flexibility index (Phi) is 11.9. The van der Waals surface area contributed by atoms with Crippen LogP contribution in [0.1, 0.15) is 76.1 Å². The Morgan fingerprint density at radius 3 is 2.69 bits per heavy atom. The number of methoxy groups -OCH3 is 1. The summed E-state index contributed by atoms with van der Waals surface area (Å²) in [6, 6.07) is 9.15. The van der Waals surface area contributed by atoms with Crippen molar-refractivity contribution < 1.29 is 19.1 Å². The number of ether oxygens (including phenoxy) is 2. The maximum absolute atomic E-state index is 13.0. The highest BCUT2D eigenvalue weighted by atomic mass is 32.2. The van der Waals surface area contributed by atoms with Gasteiger partial charge < -0.3 is 9.47 Å². The van der Waals surface area contributed by atoms with Crippen molar-refractivity contribution in [1.82, 2.24) is 0 Å². The lowest BCUT2D eigenvalue weighted by atomic mass is 9.82. The van der Waals surface area contributed by atoms with E-state index in [-0.39, 0.29) is 23.1 Å². The van der Waals surface area contributed by atoms with Gasteiger partial charge in [0, 0.05) is 41.6 Å². The predicted octanol–water partition coefficient (Wildman–Crippen LogP) is 6.38. The SMILES string of the molecule is CCCCC(C)(C)C(=O)/C=C/[C@H]1[C@H](OC(=O)c2ccccc2OC)CS[C@@H]1CC#CCCCC#N. The molecule has 2 rings (SSSR count). The number of carbonyl (C=O) groups excluding carboxylic acids is 2. The van der Waals surface area contributed by atoms with Crippen LogP contribution in [-0.2, 0) is 9.53 Å². The third-order valence-electron chi connectivity index (χ3n) is 6.23. The van der Waals surface area contributed by atoms with E-state index in [1.807, 2.05) is 26.0 Å². The van der Waals surface area contributed by atoms with Crippen molar-refractivity contribution in [3.05, 3.63) is 42.0 Å². The molecule has 1 aromatic rings. The fraction of sp³-hybridized carbons (Fsp3) is 0.552. The molecule has 0 saturated carbocycles. The molecule has 0 aromatic heterocycles. The van der Waals surface area contributed by atoms with Crippen LogP contribution in [0.4, 0.5) is 0 Å². The fourth-order valence-corrected chi connectivity index (χ4v) is 5.35. The van der Waals surface area contributed by atoms with Crippen molar-refractivity contribution in [3.8, 4) is 23.7 Å². The molecule has 35 heavy (non-hydrogen) atoms.